The Kier molecular flexibility index (Phi) is 5.67. The molecule has 0 saturated carbocycles. The molecule has 0 aromatic heterocycles. The van der Waals surface area contributed by atoms with Crippen LogP contribution in [0.1, 0.15) is 20.3 Å². The van der Waals surface area contributed by atoms with Crippen molar-refractivity contribution >= 4 is 17.5 Å². The molecule has 1 aliphatic carbocycles. The van der Waals surface area contributed by atoms with Crippen molar-refractivity contribution in [3.8, 4) is 0 Å². The molecule has 1 saturated heterocycles. The van der Waals surface area contributed by atoms with Crippen LogP contribution in [0.5, 0.6) is 0 Å². The molecule has 150 valence electrons. The predicted octanol–water partition coefficient (Wildman–Crippen LogP) is 1.45. The van der Waals surface area contributed by atoms with Gasteiger partial charge in [0.05, 0.1) is 12.0 Å². The lowest BCUT2D eigenvalue weighted by molar-refractivity contribution is -0.124. The van der Waals surface area contributed by atoms with E-state index in [4.69, 9.17) is 15.9 Å². The number of allylic oxidation sites excluding steroid dienone is 5. The van der Waals surface area contributed by atoms with Crippen LogP contribution >= 0.6 is 0 Å². The molecule has 0 aromatic rings. The van der Waals surface area contributed by atoms with E-state index in [0.29, 0.717) is 23.6 Å². The maximum atomic E-state index is 14.0. The fourth-order valence-corrected chi connectivity index (χ4v) is 3.91. The number of fused-ring (bicyclic) bond motifs is 1. The highest BCUT2D eigenvalue weighted by Gasteiger charge is 2.42. The summed E-state index contributed by atoms with van der Waals surface area (Å²) in [5.41, 5.74) is 6.64. The van der Waals surface area contributed by atoms with E-state index in [1.54, 1.807) is 19.1 Å². The first-order valence-electron chi connectivity index (χ1n) is 9.32. The van der Waals surface area contributed by atoms with E-state index in [0.717, 1.165) is 0 Å². The Hall–Kier alpha value is -2.90. The summed E-state index contributed by atoms with van der Waals surface area (Å²) >= 11 is 0. The molecule has 7 nitrogen and oxygen atoms in total. The molecule has 5 N–H and O–H groups in total. The van der Waals surface area contributed by atoms with Crippen molar-refractivity contribution in [2.24, 2.45) is 23.5 Å². The fourth-order valence-electron chi connectivity index (χ4n) is 3.91. The first kappa shape index (κ1) is 19.9. The number of nitrogens with two attached hydrogens (primary N) is 1. The molecule has 3 rings (SSSR count). The molecule has 3 aliphatic rings. The van der Waals surface area contributed by atoms with Crippen molar-refractivity contribution in [1.29, 1.82) is 5.41 Å². The summed E-state index contributed by atoms with van der Waals surface area (Å²) in [4.78, 5) is 23.3. The molecule has 0 aromatic carbocycles. The SMILES string of the molecule is CCC1C(COC2=CC=CC3C=C(C(N)=O)N/C(=C\C(C)=N)C23)NC(=O)C1F. The van der Waals surface area contributed by atoms with Gasteiger partial charge in [0.15, 0.2) is 6.17 Å². The molecule has 5 unspecified atom stereocenters. The first-order valence-corrected chi connectivity index (χ1v) is 9.32. The number of hydrogen-bond acceptors (Lipinski definition) is 5. The summed E-state index contributed by atoms with van der Waals surface area (Å²) in [5, 5.41) is 13.4. The summed E-state index contributed by atoms with van der Waals surface area (Å²) in [7, 11) is 0. The van der Waals surface area contributed by atoms with Crippen molar-refractivity contribution < 1.29 is 18.7 Å². The molecule has 1 fully saturated rings. The van der Waals surface area contributed by atoms with Crippen LogP contribution in [0.2, 0.25) is 0 Å². The largest absolute Gasteiger partial charge is 0.495 e. The third kappa shape index (κ3) is 3.85. The highest BCUT2D eigenvalue weighted by atomic mass is 19.1. The lowest BCUT2D eigenvalue weighted by Gasteiger charge is -2.35. The maximum Gasteiger partial charge on any atom is 0.264 e. The zero-order valence-corrected chi connectivity index (χ0v) is 15.9. The van der Waals surface area contributed by atoms with E-state index in [1.165, 1.54) is 0 Å². The summed E-state index contributed by atoms with van der Waals surface area (Å²) < 4.78 is 20.0. The number of rotatable bonds is 6. The van der Waals surface area contributed by atoms with Crippen molar-refractivity contribution in [2.45, 2.75) is 32.5 Å². The highest BCUT2D eigenvalue weighted by Crippen LogP contribution is 2.37. The Morgan fingerprint density at radius 3 is 2.86 bits per heavy atom. The number of carbonyl (C=O) groups is 2. The van der Waals surface area contributed by atoms with Crippen LogP contribution < -0.4 is 16.4 Å². The number of halogens is 1. The maximum absolute atomic E-state index is 14.0. The number of nitrogens with one attached hydrogen (secondary N) is 3. The molecule has 8 heteroatoms. The Bertz CT molecular complexity index is 814. The molecular formula is C20H25FN4O3. The standard InChI is InChI=1S/C20H25FN4O3/c1-3-12-15(25-20(27)18(12)21)9-28-16-6-4-5-11-8-14(19(23)26)24-13(17(11)16)7-10(2)22/h4-8,11-12,15,17-18,22,24H,3,9H2,1-2H3,(H2,23,26)(H,25,27)/b13-7-,22-10?. The summed E-state index contributed by atoms with van der Waals surface area (Å²) in [5.74, 6) is -1.39. The van der Waals surface area contributed by atoms with Crippen molar-refractivity contribution in [2.75, 3.05) is 6.61 Å². The second-order valence-corrected chi connectivity index (χ2v) is 7.26. The summed E-state index contributed by atoms with van der Waals surface area (Å²) in [6.45, 7) is 3.63. The fraction of sp³-hybridized carbons (Fsp3) is 0.450. The van der Waals surface area contributed by atoms with Gasteiger partial charge in [0.1, 0.15) is 18.1 Å². The topological polar surface area (TPSA) is 117 Å². The number of amides is 2. The van der Waals surface area contributed by atoms with E-state index in [1.807, 2.05) is 25.2 Å². The Balaban J connectivity index is 1.81. The van der Waals surface area contributed by atoms with E-state index in [2.05, 4.69) is 10.6 Å². The minimum atomic E-state index is -1.51. The number of alkyl halides is 1. The quantitative estimate of drug-likeness (QED) is 0.515. The molecule has 28 heavy (non-hydrogen) atoms. The number of carbonyl (C=O) groups excluding carboxylic acids is 2. The lowest BCUT2D eigenvalue weighted by Crippen LogP contribution is -2.39. The van der Waals surface area contributed by atoms with Crippen molar-refractivity contribution in [3.63, 3.8) is 0 Å². The minimum Gasteiger partial charge on any atom is -0.495 e. The number of hydrogen-bond donors (Lipinski definition) is 4. The second kappa shape index (κ2) is 8.00. The second-order valence-electron chi connectivity index (χ2n) is 7.26. The normalized spacial score (nSPS) is 32.8. The van der Waals surface area contributed by atoms with Gasteiger partial charge in [-0.25, -0.2) is 4.39 Å². The number of primary amides is 1. The van der Waals surface area contributed by atoms with Gasteiger partial charge in [-0.15, -0.1) is 0 Å². The van der Waals surface area contributed by atoms with Crippen LogP contribution in [0.15, 0.2) is 47.5 Å². The minimum absolute atomic E-state index is 0.150. The van der Waals surface area contributed by atoms with Crippen molar-refractivity contribution in [1.82, 2.24) is 10.6 Å². The average molecular weight is 388 g/mol. The van der Waals surface area contributed by atoms with Gasteiger partial charge in [0.2, 0.25) is 0 Å². The summed E-state index contributed by atoms with van der Waals surface area (Å²) in [6, 6.07) is -0.400. The van der Waals surface area contributed by atoms with Gasteiger partial charge in [-0.05, 0) is 31.6 Å². The molecule has 5 atom stereocenters. The van der Waals surface area contributed by atoms with Gasteiger partial charge in [-0.1, -0.05) is 19.1 Å². The molecule has 0 radical (unpaired) electrons. The van der Waals surface area contributed by atoms with Crippen LogP contribution in [0.3, 0.4) is 0 Å². The smallest absolute Gasteiger partial charge is 0.264 e. The van der Waals surface area contributed by atoms with E-state index >= 15 is 0 Å². The summed E-state index contributed by atoms with van der Waals surface area (Å²) in [6.07, 6.45) is 7.95. The monoisotopic (exact) mass is 388 g/mol. The van der Waals surface area contributed by atoms with E-state index < -0.39 is 29.9 Å². The predicted molar refractivity (Wildman–Crippen MR) is 103 cm³/mol. The van der Waals surface area contributed by atoms with Gasteiger partial charge < -0.3 is 26.5 Å². The molecule has 2 amide bonds. The Morgan fingerprint density at radius 1 is 1.46 bits per heavy atom. The van der Waals surface area contributed by atoms with Gasteiger partial charge >= 0.3 is 0 Å². The Morgan fingerprint density at radius 2 is 2.21 bits per heavy atom. The zero-order valence-electron chi connectivity index (χ0n) is 15.9. The molecule has 0 bridgehead atoms. The molecule has 2 aliphatic heterocycles. The van der Waals surface area contributed by atoms with Crippen LogP contribution in [-0.2, 0) is 14.3 Å². The van der Waals surface area contributed by atoms with Crippen molar-refractivity contribution in [3.05, 3.63) is 47.5 Å². The van der Waals surface area contributed by atoms with Crippen LogP contribution in [-0.4, -0.2) is 36.3 Å². The van der Waals surface area contributed by atoms with Gasteiger partial charge in [0, 0.05) is 23.2 Å². The van der Waals surface area contributed by atoms with Gasteiger partial charge in [-0.3, -0.25) is 9.59 Å². The van der Waals surface area contributed by atoms with Crippen LogP contribution in [0.25, 0.3) is 0 Å². The van der Waals surface area contributed by atoms with Gasteiger partial charge in [-0.2, -0.15) is 0 Å². The van der Waals surface area contributed by atoms with Crippen LogP contribution in [0.4, 0.5) is 4.39 Å². The number of ether oxygens (including phenoxy) is 1. The first-order chi connectivity index (χ1) is 13.3. The zero-order chi connectivity index (χ0) is 20.4. The van der Waals surface area contributed by atoms with E-state index in [-0.39, 0.29) is 24.1 Å². The van der Waals surface area contributed by atoms with Crippen LogP contribution in [0, 0.1) is 23.2 Å². The Labute approximate surface area is 163 Å². The molecule has 2 heterocycles. The average Bonchev–Trinajstić information content (AvgIpc) is 2.92. The molecular weight excluding hydrogens is 363 g/mol. The third-order valence-corrected chi connectivity index (χ3v) is 5.27. The molecule has 0 spiro atoms. The highest BCUT2D eigenvalue weighted by molar-refractivity contribution is 5.94. The van der Waals surface area contributed by atoms with Gasteiger partial charge in [0.25, 0.3) is 11.8 Å². The van der Waals surface area contributed by atoms with E-state index in [9.17, 15) is 14.0 Å². The lowest BCUT2D eigenvalue weighted by atomic mass is 9.80. The third-order valence-electron chi connectivity index (χ3n) is 5.27.